The summed E-state index contributed by atoms with van der Waals surface area (Å²) in [4.78, 5) is 1.74. The van der Waals surface area contributed by atoms with Crippen LogP contribution in [-0.4, -0.2) is 6.04 Å². The van der Waals surface area contributed by atoms with Gasteiger partial charge in [-0.1, -0.05) is 37.6 Å². The highest BCUT2D eigenvalue weighted by Crippen LogP contribution is 2.33. The Balaban J connectivity index is 2.22. The van der Waals surface area contributed by atoms with Gasteiger partial charge in [0.05, 0.1) is 0 Å². The lowest BCUT2D eigenvalue weighted by Gasteiger charge is -2.09. The Morgan fingerprint density at radius 3 is 2.68 bits per heavy atom. The Bertz CT molecular complexity index is 611. The number of benzene rings is 1. The molecule has 0 unspecified atom stereocenters. The molecule has 0 fully saturated rings. The number of nitrogens with zero attached hydrogens (tertiary/aromatic N) is 1. The average Bonchev–Trinajstić information content (AvgIpc) is 2.85. The van der Waals surface area contributed by atoms with E-state index in [-0.39, 0.29) is 0 Å². The second-order valence-electron chi connectivity index (χ2n) is 4.63. The number of nitriles is 1. The summed E-state index contributed by atoms with van der Waals surface area (Å²) in [6.07, 6.45) is 0. The van der Waals surface area contributed by atoms with Gasteiger partial charge in [0.25, 0.3) is 0 Å². The molecule has 0 aliphatic carbocycles. The van der Waals surface area contributed by atoms with E-state index < -0.39 is 0 Å². The zero-order valence-electron chi connectivity index (χ0n) is 10.9. The Labute approximate surface area is 122 Å². The van der Waals surface area contributed by atoms with Crippen LogP contribution in [-0.2, 0) is 6.54 Å². The van der Waals surface area contributed by atoms with Crippen LogP contribution < -0.4 is 5.32 Å². The molecule has 0 atom stereocenters. The smallest absolute Gasteiger partial charge is 0.110 e. The number of halogens is 1. The van der Waals surface area contributed by atoms with Gasteiger partial charge in [0.1, 0.15) is 10.9 Å². The Morgan fingerprint density at radius 2 is 2.11 bits per heavy atom. The number of nitrogens with one attached hydrogen (secondary N) is 1. The maximum atomic E-state index is 8.85. The Hall–Kier alpha value is -1.34. The van der Waals surface area contributed by atoms with Crippen LogP contribution in [0.1, 0.15) is 24.3 Å². The van der Waals surface area contributed by atoms with E-state index in [1.807, 2.05) is 24.3 Å². The highest BCUT2D eigenvalue weighted by atomic mass is 35.5. The molecule has 19 heavy (non-hydrogen) atoms. The molecule has 4 heteroatoms. The van der Waals surface area contributed by atoms with Gasteiger partial charge in [0.15, 0.2) is 0 Å². The van der Waals surface area contributed by atoms with Crippen molar-refractivity contribution < 1.29 is 0 Å². The Morgan fingerprint density at radius 1 is 1.32 bits per heavy atom. The highest BCUT2D eigenvalue weighted by Gasteiger charge is 2.08. The maximum absolute atomic E-state index is 8.85. The van der Waals surface area contributed by atoms with E-state index in [1.165, 1.54) is 16.9 Å². The minimum Gasteiger partial charge on any atom is -0.310 e. The SMILES string of the molecule is CC(C)NCc1ccc(-c2ccc(C#N)s2)c(Cl)c1. The third-order valence-electron chi connectivity index (χ3n) is 2.73. The average molecular weight is 291 g/mol. The van der Waals surface area contributed by atoms with Gasteiger partial charge in [-0.05, 0) is 23.8 Å². The van der Waals surface area contributed by atoms with Crippen LogP contribution in [0.3, 0.4) is 0 Å². The molecule has 0 aliphatic rings. The van der Waals surface area contributed by atoms with Crippen molar-refractivity contribution in [1.29, 1.82) is 5.26 Å². The first kappa shape index (κ1) is 14.1. The van der Waals surface area contributed by atoms with Crippen molar-refractivity contribution in [3.63, 3.8) is 0 Å². The topological polar surface area (TPSA) is 35.8 Å². The van der Waals surface area contributed by atoms with Crippen LogP contribution in [0, 0.1) is 11.3 Å². The predicted octanol–water partition coefficient (Wildman–Crippen LogP) is 4.44. The lowest BCUT2D eigenvalue weighted by atomic mass is 10.1. The van der Waals surface area contributed by atoms with E-state index in [0.29, 0.717) is 10.9 Å². The summed E-state index contributed by atoms with van der Waals surface area (Å²) in [5, 5.41) is 12.9. The second kappa shape index (κ2) is 6.21. The van der Waals surface area contributed by atoms with E-state index in [1.54, 1.807) is 0 Å². The molecule has 0 amide bonds. The zero-order chi connectivity index (χ0) is 13.8. The first-order valence-corrected chi connectivity index (χ1v) is 7.31. The second-order valence-corrected chi connectivity index (χ2v) is 6.12. The van der Waals surface area contributed by atoms with Crippen molar-refractivity contribution in [2.45, 2.75) is 26.4 Å². The molecular weight excluding hydrogens is 276 g/mol. The molecule has 1 heterocycles. The normalized spacial score (nSPS) is 10.7. The summed E-state index contributed by atoms with van der Waals surface area (Å²) in [6.45, 7) is 5.04. The van der Waals surface area contributed by atoms with E-state index in [2.05, 4.69) is 31.3 Å². The minimum absolute atomic E-state index is 0.453. The van der Waals surface area contributed by atoms with Crippen molar-refractivity contribution in [2.75, 3.05) is 0 Å². The summed E-state index contributed by atoms with van der Waals surface area (Å²) in [6, 6.07) is 12.4. The molecule has 1 aromatic carbocycles. The fourth-order valence-electron chi connectivity index (χ4n) is 1.73. The van der Waals surface area contributed by atoms with Gasteiger partial charge >= 0.3 is 0 Å². The summed E-state index contributed by atoms with van der Waals surface area (Å²) in [7, 11) is 0. The first-order valence-electron chi connectivity index (χ1n) is 6.12. The monoisotopic (exact) mass is 290 g/mol. The van der Waals surface area contributed by atoms with Gasteiger partial charge in [-0.15, -0.1) is 11.3 Å². The van der Waals surface area contributed by atoms with Crippen LogP contribution in [0.25, 0.3) is 10.4 Å². The van der Waals surface area contributed by atoms with Crippen LogP contribution in [0.2, 0.25) is 5.02 Å². The molecule has 98 valence electrons. The molecule has 0 saturated heterocycles. The zero-order valence-corrected chi connectivity index (χ0v) is 12.5. The fourth-order valence-corrected chi connectivity index (χ4v) is 2.94. The van der Waals surface area contributed by atoms with Gasteiger partial charge in [-0.2, -0.15) is 5.26 Å². The number of hydrogen-bond acceptors (Lipinski definition) is 3. The van der Waals surface area contributed by atoms with Crippen LogP contribution in [0.15, 0.2) is 30.3 Å². The van der Waals surface area contributed by atoms with Crippen molar-refractivity contribution in [1.82, 2.24) is 5.32 Å². The van der Waals surface area contributed by atoms with Crippen molar-refractivity contribution in [3.8, 4) is 16.5 Å². The molecule has 0 bridgehead atoms. The van der Waals surface area contributed by atoms with Crippen LogP contribution in [0.4, 0.5) is 0 Å². The molecule has 0 radical (unpaired) electrons. The lowest BCUT2D eigenvalue weighted by Crippen LogP contribution is -2.21. The van der Waals surface area contributed by atoms with Gasteiger partial charge in [0.2, 0.25) is 0 Å². The van der Waals surface area contributed by atoms with Crippen molar-refractivity contribution in [3.05, 3.63) is 45.8 Å². The van der Waals surface area contributed by atoms with Crippen molar-refractivity contribution >= 4 is 22.9 Å². The molecular formula is C15H15ClN2S. The lowest BCUT2D eigenvalue weighted by molar-refractivity contribution is 0.589. The minimum atomic E-state index is 0.453. The third-order valence-corrected chi connectivity index (χ3v) is 4.07. The maximum Gasteiger partial charge on any atom is 0.110 e. The van der Waals surface area contributed by atoms with Crippen LogP contribution >= 0.6 is 22.9 Å². The van der Waals surface area contributed by atoms with Gasteiger partial charge in [-0.3, -0.25) is 0 Å². The predicted molar refractivity (Wildman–Crippen MR) is 81.5 cm³/mol. The van der Waals surface area contributed by atoms with Gasteiger partial charge in [-0.25, -0.2) is 0 Å². The van der Waals surface area contributed by atoms with Crippen LogP contribution in [0.5, 0.6) is 0 Å². The van der Waals surface area contributed by atoms with Crippen molar-refractivity contribution in [2.24, 2.45) is 0 Å². The molecule has 2 nitrogen and oxygen atoms in total. The van der Waals surface area contributed by atoms with Gasteiger partial charge < -0.3 is 5.32 Å². The first-order chi connectivity index (χ1) is 9.10. The number of thiophene rings is 1. The van der Waals surface area contributed by atoms with Gasteiger partial charge in [0, 0.05) is 28.0 Å². The molecule has 1 N–H and O–H groups in total. The largest absolute Gasteiger partial charge is 0.310 e. The fraction of sp³-hybridized carbons (Fsp3) is 0.267. The number of rotatable bonds is 4. The molecule has 0 aliphatic heterocycles. The molecule has 0 saturated carbocycles. The standard InChI is InChI=1S/C15H15ClN2S/c1-10(2)18-9-11-3-5-13(14(16)7-11)15-6-4-12(8-17)19-15/h3-7,10,18H,9H2,1-2H3. The highest BCUT2D eigenvalue weighted by molar-refractivity contribution is 7.16. The quantitative estimate of drug-likeness (QED) is 0.904. The molecule has 0 spiro atoms. The summed E-state index contributed by atoms with van der Waals surface area (Å²) in [5.41, 5.74) is 2.15. The third kappa shape index (κ3) is 3.57. The summed E-state index contributed by atoms with van der Waals surface area (Å²) < 4.78 is 0. The summed E-state index contributed by atoms with van der Waals surface area (Å²) in [5.74, 6) is 0. The molecule has 2 aromatic rings. The molecule has 1 aromatic heterocycles. The van der Waals surface area contributed by atoms with E-state index in [9.17, 15) is 0 Å². The summed E-state index contributed by atoms with van der Waals surface area (Å²) >= 11 is 7.79. The molecule has 2 rings (SSSR count). The van der Waals surface area contributed by atoms with E-state index >= 15 is 0 Å². The van der Waals surface area contributed by atoms with E-state index in [0.717, 1.165) is 22.0 Å². The van der Waals surface area contributed by atoms with E-state index in [4.69, 9.17) is 16.9 Å². The Kier molecular flexibility index (Phi) is 4.60. The number of hydrogen-bond donors (Lipinski definition) is 1.